The van der Waals surface area contributed by atoms with Gasteiger partial charge in [-0.25, -0.2) is 4.39 Å². The number of ether oxygens (including phenoxy) is 1. The van der Waals surface area contributed by atoms with Crippen LogP contribution in [0.3, 0.4) is 0 Å². The zero-order valence-electron chi connectivity index (χ0n) is 17.8. The monoisotopic (exact) mass is 442 g/mol. The number of aromatic amines is 1. The predicted octanol–water partition coefficient (Wildman–Crippen LogP) is 5.56. The molecule has 4 nitrogen and oxygen atoms in total. The van der Waals surface area contributed by atoms with Crippen LogP contribution in [0.1, 0.15) is 45.1 Å². The number of halogens is 2. The van der Waals surface area contributed by atoms with Gasteiger partial charge in [-0.1, -0.05) is 37.6 Å². The molecule has 2 aromatic carbocycles. The zero-order valence-corrected chi connectivity index (χ0v) is 18.6. The van der Waals surface area contributed by atoms with Gasteiger partial charge in [-0.05, 0) is 72.9 Å². The number of H-pyrrole nitrogens is 1. The van der Waals surface area contributed by atoms with Crippen LogP contribution in [0.2, 0.25) is 5.02 Å². The Balaban J connectivity index is 1.56. The third-order valence-electron chi connectivity index (χ3n) is 6.72. The highest BCUT2D eigenvalue weighted by Gasteiger charge is 2.43. The molecule has 0 aliphatic heterocycles. The van der Waals surface area contributed by atoms with E-state index in [4.69, 9.17) is 22.1 Å². The predicted molar refractivity (Wildman–Crippen MR) is 123 cm³/mol. The van der Waals surface area contributed by atoms with Crippen molar-refractivity contribution in [1.29, 1.82) is 0 Å². The number of nitrogens with one attached hydrogen (secondary N) is 1. The lowest BCUT2D eigenvalue weighted by Crippen LogP contribution is -2.51. The normalized spacial score (nSPS) is 22.6. The fraction of sp³-hybridized carbons (Fsp3) is 0.400. The summed E-state index contributed by atoms with van der Waals surface area (Å²) in [6, 6.07) is 12.1. The number of rotatable bonds is 5. The summed E-state index contributed by atoms with van der Waals surface area (Å²) < 4.78 is 19.8. The molecule has 3 N–H and O–H groups in total. The van der Waals surface area contributed by atoms with Gasteiger partial charge in [-0.15, -0.1) is 0 Å². The molecule has 1 aliphatic carbocycles. The van der Waals surface area contributed by atoms with Gasteiger partial charge in [0.25, 0.3) is 5.56 Å². The number of hydrogen-bond donors (Lipinski definition) is 2. The van der Waals surface area contributed by atoms with Gasteiger partial charge in [0.15, 0.2) is 0 Å². The van der Waals surface area contributed by atoms with Crippen molar-refractivity contribution in [3.05, 3.63) is 75.4 Å². The van der Waals surface area contributed by atoms with Crippen molar-refractivity contribution in [2.75, 3.05) is 0 Å². The third kappa shape index (κ3) is 4.21. The van der Waals surface area contributed by atoms with E-state index in [1.54, 1.807) is 12.3 Å². The Morgan fingerprint density at radius 2 is 1.84 bits per heavy atom. The van der Waals surface area contributed by atoms with Crippen LogP contribution in [0.4, 0.5) is 4.39 Å². The quantitative estimate of drug-likeness (QED) is 0.543. The van der Waals surface area contributed by atoms with E-state index in [9.17, 15) is 9.18 Å². The average Bonchev–Trinajstić information content (AvgIpc) is 2.76. The number of aromatic nitrogens is 1. The summed E-state index contributed by atoms with van der Waals surface area (Å²) in [5, 5.41) is 1.77. The topological polar surface area (TPSA) is 68.1 Å². The fourth-order valence-corrected chi connectivity index (χ4v) is 5.13. The molecule has 0 saturated heterocycles. The summed E-state index contributed by atoms with van der Waals surface area (Å²) in [5.41, 5.74) is 7.42. The summed E-state index contributed by atoms with van der Waals surface area (Å²) in [5.74, 6) is 0.654. The molecule has 4 rings (SSSR count). The first-order valence-electron chi connectivity index (χ1n) is 10.8. The van der Waals surface area contributed by atoms with Crippen molar-refractivity contribution in [2.45, 2.75) is 57.1 Å². The van der Waals surface area contributed by atoms with Crippen LogP contribution in [-0.4, -0.2) is 17.1 Å². The van der Waals surface area contributed by atoms with Crippen molar-refractivity contribution in [3.8, 4) is 5.75 Å². The largest absolute Gasteiger partial charge is 0.489 e. The van der Waals surface area contributed by atoms with Crippen molar-refractivity contribution in [2.24, 2.45) is 11.7 Å². The number of benzene rings is 2. The molecule has 1 fully saturated rings. The lowest BCUT2D eigenvalue weighted by atomic mass is 9.62. The molecule has 1 heterocycles. The maximum atomic E-state index is 13.5. The molecular formula is C25H28ClFN2O2. The fourth-order valence-electron chi connectivity index (χ4n) is 4.92. The molecule has 0 unspecified atom stereocenters. The third-order valence-corrected chi connectivity index (χ3v) is 7.02. The molecule has 164 valence electrons. The number of hydrogen-bond acceptors (Lipinski definition) is 3. The number of nitrogens with two attached hydrogens (primary N) is 1. The van der Waals surface area contributed by atoms with Crippen molar-refractivity contribution in [1.82, 2.24) is 4.98 Å². The Bertz CT molecular complexity index is 1120. The standard InChI is InChI=1S/C25H28ClFN2O2/c1-15(2)23(28)25(17-3-5-18(27)6-4-17)10-7-19(8-11-25)31-22-13-16-9-12-29-24(30)20(16)14-21(22)26/h3-6,9,12-15,19,23H,7-8,10-11,28H2,1-2H3,(H,29,30)/t19-,23-,25-/m0/s1. The highest BCUT2D eigenvalue weighted by molar-refractivity contribution is 6.32. The first-order chi connectivity index (χ1) is 14.8. The van der Waals surface area contributed by atoms with Crippen molar-refractivity contribution in [3.63, 3.8) is 0 Å². The molecule has 6 heteroatoms. The molecule has 0 radical (unpaired) electrons. The van der Waals surface area contributed by atoms with Crippen molar-refractivity contribution < 1.29 is 9.13 Å². The maximum absolute atomic E-state index is 13.5. The smallest absolute Gasteiger partial charge is 0.255 e. The Morgan fingerprint density at radius 3 is 2.48 bits per heavy atom. The number of pyridine rings is 1. The zero-order chi connectivity index (χ0) is 22.2. The first kappa shape index (κ1) is 21.8. The Labute approximate surface area is 186 Å². The van der Waals surface area contributed by atoms with Gasteiger partial charge >= 0.3 is 0 Å². The molecular weight excluding hydrogens is 415 g/mol. The highest BCUT2D eigenvalue weighted by atomic mass is 35.5. The van der Waals surface area contributed by atoms with E-state index < -0.39 is 0 Å². The first-order valence-corrected chi connectivity index (χ1v) is 11.2. The summed E-state index contributed by atoms with van der Waals surface area (Å²) in [7, 11) is 0. The van der Waals surface area contributed by atoms with E-state index in [-0.39, 0.29) is 28.9 Å². The Morgan fingerprint density at radius 1 is 1.16 bits per heavy atom. The molecule has 0 amide bonds. The van der Waals surface area contributed by atoms with Gasteiger partial charge < -0.3 is 15.5 Å². The molecule has 1 aromatic heterocycles. The van der Waals surface area contributed by atoms with Crippen LogP contribution in [-0.2, 0) is 5.41 Å². The second kappa shape index (κ2) is 8.64. The minimum Gasteiger partial charge on any atom is -0.489 e. The summed E-state index contributed by atoms with van der Waals surface area (Å²) in [6.07, 6.45) is 4.97. The SMILES string of the molecule is CC(C)[C@H](N)[C@]1(c2ccc(F)cc2)CC[C@@H](Oc2cc3cc[nH]c(=O)c3cc2Cl)CC1. The van der Waals surface area contributed by atoms with E-state index in [0.717, 1.165) is 36.6 Å². The van der Waals surface area contributed by atoms with Crippen LogP contribution in [0.15, 0.2) is 53.5 Å². The van der Waals surface area contributed by atoms with E-state index in [2.05, 4.69) is 18.8 Å². The average molecular weight is 443 g/mol. The van der Waals surface area contributed by atoms with Crippen molar-refractivity contribution >= 4 is 22.4 Å². The lowest BCUT2D eigenvalue weighted by Gasteiger charge is -2.46. The van der Waals surface area contributed by atoms with Crippen LogP contribution >= 0.6 is 11.6 Å². The second-order valence-electron chi connectivity index (χ2n) is 8.93. The minimum absolute atomic E-state index is 0.00452. The van der Waals surface area contributed by atoms with Crippen LogP contribution in [0.25, 0.3) is 10.8 Å². The molecule has 31 heavy (non-hydrogen) atoms. The van der Waals surface area contributed by atoms with E-state index in [1.165, 1.54) is 12.1 Å². The molecule has 0 spiro atoms. The number of fused-ring (bicyclic) bond motifs is 1. The van der Waals surface area contributed by atoms with Crippen LogP contribution < -0.4 is 16.0 Å². The summed E-state index contributed by atoms with van der Waals surface area (Å²) >= 11 is 6.42. The Kier molecular flexibility index (Phi) is 6.09. The van der Waals surface area contributed by atoms with Gasteiger partial charge in [0.2, 0.25) is 0 Å². The molecule has 1 saturated carbocycles. The molecule has 1 atom stereocenters. The molecule has 3 aromatic rings. The molecule has 1 aliphatic rings. The highest BCUT2D eigenvalue weighted by Crippen LogP contribution is 2.45. The Hall–Kier alpha value is -2.37. The van der Waals surface area contributed by atoms with E-state index in [1.807, 2.05) is 24.3 Å². The maximum Gasteiger partial charge on any atom is 0.255 e. The van der Waals surface area contributed by atoms with E-state index >= 15 is 0 Å². The van der Waals surface area contributed by atoms with Crippen LogP contribution in [0, 0.1) is 11.7 Å². The van der Waals surface area contributed by atoms with Gasteiger partial charge in [-0.3, -0.25) is 4.79 Å². The van der Waals surface area contributed by atoms with Gasteiger partial charge in [0, 0.05) is 23.0 Å². The minimum atomic E-state index is -0.237. The summed E-state index contributed by atoms with van der Waals surface area (Å²) in [4.78, 5) is 14.6. The van der Waals surface area contributed by atoms with Gasteiger partial charge in [0.1, 0.15) is 11.6 Å². The van der Waals surface area contributed by atoms with Gasteiger partial charge in [-0.2, -0.15) is 0 Å². The van der Waals surface area contributed by atoms with Gasteiger partial charge in [0.05, 0.1) is 11.1 Å². The van der Waals surface area contributed by atoms with Crippen LogP contribution in [0.5, 0.6) is 5.75 Å². The lowest BCUT2D eigenvalue weighted by molar-refractivity contribution is 0.0958. The molecule has 0 bridgehead atoms. The van der Waals surface area contributed by atoms with E-state index in [0.29, 0.717) is 22.1 Å². The second-order valence-corrected chi connectivity index (χ2v) is 9.33. The summed E-state index contributed by atoms with van der Waals surface area (Å²) in [6.45, 7) is 4.27.